The first kappa shape index (κ1) is 18.7. The predicted octanol–water partition coefficient (Wildman–Crippen LogP) is 2.47. The van der Waals surface area contributed by atoms with Crippen LogP contribution in [0.2, 0.25) is 0 Å². The summed E-state index contributed by atoms with van der Waals surface area (Å²) in [7, 11) is 2.02. The highest BCUT2D eigenvalue weighted by Gasteiger charge is 2.11. The van der Waals surface area contributed by atoms with Crippen molar-refractivity contribution in [3.8, 4) is 5.75 Å². The van der Waals surface area contributed by atoms with Crippen molar-refractivity contribution in [1.29, 1.82) is 0 Å². The Labute approximate surface area is 150 Å². The molecule has 1 amide bonds. The van der Waals surface area contributed by atoms with Gasteiger partial charge in [0.05, 0.1) is 7.05 Å². The summed E-state index contributed by atoms with van der Waals surface area (Å²) in [6.45, 7) is 7.44. The number of carbonyl (C=O) groups is 1. The van der Waals surface area contributed by atoms with Crippen LogP contribution >= 0.6 is 0 Å². The van der Waals surface area contributed by atoms with E-state index in [0.717, 1.165) is 29.3 Å². The molecular formula is C21H27N2O2+. The van der Waals surface area contributed by atoms with Crippen molar-refractivity contribution in [3.63, 3.8) is 0 Å². The van der Waals surface area contributed by atoms with Crippen molar-refractivity contribution < 1.29 is 14.4 Å². The molecule has 0 spiro atoms. The van der Waals surface area contributed by atoms with Gasteiger partial charge in [0.1, 0.15) is 18.9 Å². The van der Waals surface area contributed by atoms with Crippen molar-refractivity contribution in [3.05, 3.63) is 72.3 Å². The predicted molar refractivity (Wildman–Crippen MR) is 102 cm³/mol. The molecule has 0 bridgehead atoms. The Bertz CT molecular complexity index is 695. The maximum atomic E-state index is 12.2. The fraction of sp³-hybridized carbons (Fsp3) is 0.286. The van der Waals surface area contributed by atoms with Gasteiger partial charge in [0.25, 0.3) is 5.91 Å². The van der Waals surface area contributed by atoms with Crippen LogP contribution in [-0.2, 0) is 17.8 Å². The number of aryl methyl sites for hydroxylation is 1. The highest BCUT2D eigenvalue weighted by Crippen LogP contribution is 2.12. The molecule has 1 atom stereocenters. The Balaban J connectivity index is 1.83. The third-order valence-electron chi connectivity index (χ3n) is 3.88. The Morgan fingerprint density at radius 2 is 1.96 bits per heavy atom. The number of quaternary nitrogens is 1. The van der Waals surface area contributed by atoms with Crippen molar-refractivity contribution in [2.24, 2.45) is 0 Å². The first-order valence-corrected chi connectivity index (χ1v) is 8.63. The summed E-state index contributed by atoms with van der Waals surface area (Å²) in [5, 5.41) is 2.98. The summed E-state index contributed by atoms with van der Waals surface area (Å²) >= 11 is 0. The van der Waals surface area contributed by atoms with E-state index in [9.17, 15) is 4.79 Å². The zero-order valence-electron chi connectivity index (χ0n) is 15.0. The summed E-state index contributed by atoms with van der Waals surface area (Å²) in [6.07, 6.45) is 2.68. The second-order valence-corrected chi connectivity index (χ2v) is 6.16. The Hall–Kier alpha value is -2.59. The van der Waals surface area contributed by atoms with E-state index < -0.39 is 0 Å². The van der Waals surface area contributed by atoms with E-state index in [2.05, 4.69) is 24.9 Å². The van der Waals surface area contributed by atoms with E-state index in [-0.39, 0.29) is 5.91 Å². The summed E-state index contributed by atoms with van der Waals surface area (Å²) in [5.41, 5.74) is 3.25. The Morgan fingerprint density at radius 3 is 2.64 bits per heavy atom. The summed E-state index contributed by atoms with van der Waals surface area (Å²) < 4.78 is 5.48. The maximum Gasteiger partial charge on any atom is 0.279 e. The van der Waals surface area contributed by atoms with E-state index in [0.29, 0.717) is 13.2 Å². The first-order chi connectivity index (χ1) is 12.1. The number of anilines is 1. The lowest BCUT2D eigenvalue weighted by molar-refractivity contribution is -0.885. The number of amides is 1. The van der Waals surface area contributed by atoms with E-state index in [1.165, 1.54) is 11.1 Å². The molecule has 0 saturated carbocycles. The molecule has 0 aliphatic heterocycles. The average molecular weight is 339 g/mol. The zero-order chi connectivity index (χ0) is 18.1. The molecule has 2 N–H and O–H groups in total. The monoisotopic (exact) mass is 339 g/mol. The lowest BCUT2D eigenvalue weighted by Crippen LogP contribution is -3.08. The Morgan fingerprint density at radius 1 is 1.20 bits per heavy atom. The first-order valence-electron chi connectivity index (χ1n) is 8.63. The van der Waals surface area contributed by atoms with Crippen LogP contribution in [0.4, 0.5) is 5.69 Å². The minimum absolute atomic E-state index is 0.0247. The molecule has 2 aromatic carbocycles. The molecule has 25 heavy (non-hydrogen) atoms. The van der Waals surface area contributed by atoms with Crippen molar-refractivity contribution in [1.82, 2.24) is 0 Å². The fourth-order valence-electron chi connectivity index (χ4n) is 2.62. The van der Waals surface area contributed by atoms with Crippen molar-refractivity contribution in [2.75, 3.05) is 25.5 Å². The van der Waals surface area contributed by atoms with E-state index in [1.54, 1.807) is 6.08 Å². The number of likely N-dealkylation sites (N-methyl/N-ethyl adjacent to an activating group) is 1. The normalized spacial score (nSPS) is 11.6. The molecule has 132 valence electrons. The van der Waals surface area contributed by atoms with Gasteiger partial charge >= 0.3 is 0 Å². The molecule has 2 aromatic rings. The molecule has 0 heterocycles. The number of nitrogens with one attached hydrogen (secondary N) is 2. The number of ether oxygens (including phenoxy) is 1. The summed E-state index contributed by atoms with van der Waals surface area (Å²) in [5.74, 6) is 0.853. The van der Waals surface area contributed by atoms with E-state index in [1.807, 2.05) is 49.5 Å². The molecular weight excluding hydrogens is 312 g/mol. The topological polar surface area (TPSA) is 42.8 Å². The van der Waals surface area contributed by atoms with Gasteiger partial charge in [0, 0.05) is 11.3 Å². The molecule has 0 aromatic heterocycles. The quantitative estimate of drug-likeness (QED) is 0.689. The lowest BCUT2D eigenvalue weighted by atomic mass is 10.1. The van der Waals surface area contributed by atoms with Crippen LogP contribution in [0.15, 0.2) is 61.2 Å². The number of hydrogen-bond acceptors (Lipinski definition) is 2. The number of benzene rings is 2. The third kappa shape index (κ3) is 6.43. The summed E-state index contributed by atoms with van der Waals surface area (Å²) in [6, 6.07) is 15.9. The molecule has 0 aliphatic rings. The van der Waals surface area contributed by atoms with Crippen LogP contribution in [0.3, 0.4) is 0 Å². The van der Waals surface area contributed by atoms with E-state index >= 15 is 0 Å². The number of rotatable bonds is 9. The lowest BCUT2D eigenvalue weighted by Gasteiger charge is -2.14. The van der Waals surface area contributed by atoms with Crippen LogP contribution in [-0.4, -0.2) is 26.1 Å². The van der Waals surface area contributed by atoms with Crippen molar-refractivity contribution >= 4 is 11.6 Å². The van der Waals surface area contributed by atoms with Crippen LogP contribution in [0.1, 0.15) is 18.1 Å². The van der Waals surface area contributed by atoms with Gasteiger partial charge in [-0.1, -0.05) is 31.7 Å². The molecule has 4 nitrogen and oxygen atoms in total. The molecule has 1 unspecified atom stereocenters. The van der Waals surface area contributed by atoms with Gasteiger partial charge < -0.3 is 15.0 Å². The van der Waals surface area contributed by atoms with Crippen LogP contribution in [0, 0.1) is 0 Å². The van der Waals surface area contributed by atoms with Gasteiger partial charge in [-0.15, -0.1) is 0 Å². The number of hydrogen-bond donors (Lipinski definition) is 2. The van der Waals surface area contributed by atoms with Gasteiger partial charge in [0.2, 0.25) is 0 Å². The van der Waals surface area contributed by atoms with Gasteiger partial charge in [-0.05, 0) is 48.4 Å². The van der Waals surface area contributed by atoms with Gasteiger partial charge in [0.15, 0.2) is 6.54 Å². The van der Waals surface area contributed by atoms with E-state index in [4.69, 9.17) is 4.74 Å². The molecule has 0 saturated heterocycles. The second-order valence-electron chi connectivity index (χ2n) is 6.16. The highest BCUT2D eigenvalue weighted by atomic mass is 16.5. The SMILES string of the molecule is C=CCOc1ccc(C[NH+](C)CC(=O)Nc2cccc(CC)c2)cc1. The van der Waals surface area contributed by atoms with Gasteiger partial charge in [-0.3, -0.25) is 4.79 Å². The minimum Gasteiger partial charge on any atom is -0.490 e. The smallest absolute Gasteiger partial charge is 0.279 e. The third-order valence-corrected chi connectivity index (χ3v) is 3.88. The fourth-order valence-corrected chi connectivity index (χ4v) is 2.62. The standard InChI is InChI=1S/C21H26N2O2/c1-4-13-25-20-11-9-18(10-12-20)15-23(3)16-21(24)22-19-8-6-7-17(5-2)14-19/h4,6-12,14H,1,5,13,15-16H2,2-3H3,(H,22,24)/p+1. The molecule has 0 aliphatic carbocycles. The van der Waals surface area contributed by atoms with Crippen molar-refractivity contribution in [2.45, 2.75) is 19.9 Å². The minimum atomic E-state index is 0.0247. The van der Waals surface area contributed by atoms with Gasteiger partial charge in [-0.25, -0.2) is 0 Å². The molecule has 0 radical (unpaired) electrons. The van der Waals surface area contributed by atoms with Crippen LogP contribution in [0.5, 0.6) is 5.75 Å². The highest BCUT2D eigenvalue weighted by molar-refractivity contribution is 5.91. The molecule has 4 heteroatoms. The Kier molecular flexibility index (Phi) is 7.23. The zero-order valence-corrected chi connectivity index (χ0v) is 15.0. The maximum absolute atomic E-state index is 12.2. The van der Waals surface area contributed by atoms with Crippen LogP contribution < -0.4 is 15.0 Å². The van der Waals surface area contributed by atoms with Crippen LogP contribution in [0.25, 0.3) is 0 Å². The summed E-state index contributed by atoms with van der Waals surface area (Å²) in [4.78, 5) is 13.4. The second kappa shape index (κ2) is 9.64. The largest absolute Gasteiger partial charge is 0.490 e. The molecule has 0 fully saturated rings. The van der Waals surface area contributed by atoms with Gasteiger partial charge in [-0.2, -0.15) is 0 Å². The molecule has 2 rings (SSSR count). The number of carbonyl (C=O) groups excluding carboxylic acids is 1. The average Bonchev–Trinajstić information content (AvgIpc) is 2.61.